The number of thioether (sulfide) groups is 1. The van der Waals surface area contributed by atoms with Crippen LogP contribution in [-0.4, -0.2) is 29.7 Å². The molecule has 2 heterocycles. The SMILES string of the molecule is Cc1cc(C)c(NC2=NC3(CCOCC3)CS2)c(Br)c1. The van der Waals surface area contributed by atoms with Crippen LogP contribution in [0.15, 0.2) is 21.6 Å². The Balaban J connectivity index is 1.80. The fraction of sp³-hybridized carbons (Fsp3) is 0.533. The van der Waals surface area contributed by atoms with E-state index in [1.165, 1.54) is 11.1 Å². The van der Waals surface area contributed by atoms with Crippen molar-refractivity contribution in [3.63, 3.8) is 0 Å². The van der Waals surface area contributed by atoms with Gasteiger partial charge in [0.1, 0.15) is 0 Å². The molecule has 0 radical (unpaired) electrons. The molecule has 0 saturated carbocycles. The highest BCUT2D eigenvalue weighted by Crippen LogP contribution is 2.37. The van der Waals surface area contributed by atoms with Crippen molar-refractivity contribution in [3.8, 4) is 0 Å². The predicted molar refractivity (Wildman–Crippen MR) is 89.9 cm³/mol. The average molecular weight is 355 g/mol. The van der Waals surface area contributed by atoms with Crippen molar-refractivity contribution in [1.82, 2.24) is 0 Å². The van der Waals surface area contributed by atoms with Gasteiger partial charge < -0.3 is 10.1 Å². The maximum atomic E-state index is 5.45. The third kappa shape index (κ3) is 2.90. The molecular weight excluding hydrogens is 336 g/mol. The van der Waals surface area contributed by atoms with Crippen molar-refractivity contribution < 1.29 is 4.74 Å². The number of hydrogen-bond acceptors (Lipinski definition) is 4. The lowest BCUT2D eigenvalue weighted by atomic mass is 9.93. The number of halogens is 1. The van der Waals surface area contributed by atoms with Gasteiger partial charge in [-0.05, 0) is 59.8 Å². The summed E-state index contributed by atoms with van der Waals surface area (Å²) in [7, 11) is 0. The fourth-order valence-corrected chi connectivity index (χ4v) is 4.70. The molecule has 1 aromatic carbocycles. The maximum Gasteiger partial charge on any atom is 0.161 e. The maximum absolute atomic E-state index is 5.45. The molecule has 108 valence electrons. The summed E-state index contributed by atoms with van der Waals surface area (Å²) < 4.78 is 6.56. The van der Waals surface area contributed by atoms with Crippen LogP contribution in [-0.2, 0) is 4.74 Å². The van der Waals surface area contributed by atoms with Crippen LogP contribution >= 0.6 is 27.7 Å². The third-order valence-electron chi connectivity index (χ3n) is 3.90. The second kappa shape index (κ2) is 5.70. The van der Waals surface area contributed by atoms with E-state index in [0.29, 0.717) is 0 Å². The summed E-state index contributed by atoms with van der Waals surface area (Å²) in [5, 5.41) is 4.54. The second-order valence-electron chi connectivity index (χ2n) is 5.61. The van der Waals surface area contributed by atoms with Crippen LogP contribution in [0.4, 0.5) is 5.69 Å². The lowest BCUT2D eigenvalue weighted by molar-refractivity contribution is 0.0624. The minimum atomic E-state index is 0.107. The van der Waals surface area contributed by atoms with Crippen LogP contribution in [0.5, 0.6) is 0 Å². The van der Waals surface area contributed by atoms with Crippen molar-refractivity contribution in [2.45, 2.75) is 32.2 Å². The van der Waals surface area contributed by atoms with Crippen molar-refractivity contribution in [1.29, 1.82) is 0 Å². The minimum Gasteiger partial charge on any atom is -0.381 e. The monoisotopic (exact) mass is 354 g/mol. The van der Waals surface area contributed by atoms with Gasteiger partial charge in [0.2, 0.25) is 0 Å². The van der Waals surface area contributed by atoms with Gasteiger partial charge in [-0.15, -0.1) is 0 Å². The van der Waals surface area contributed by atoms with E-state index in [9.17, 15) is 0 Å². The molecular formula is C15H19BrN2OS. The first-order chi connectivity index (χ1) is 9.58. The molecule has 0 aromatic heterocycles. The van der Waals surface area contributed by atoms with E-state index < -0.39 is 0 Å². The number of benzene rings is 1. The summed E-state index contributed by atoms with van der Waals surface area (Å²) in [6.45, 7) is 5.92. The zero-order chi connectivity index (χ0) is 14.2. The number of rotatable bonds is 1. The molecule has 1 spiro atoms. The molecule has 3 nitrogen and oxygen atoms in total. The van der Waals surface area contributed by atoms with E-state index in [-0.39, 0.29) is 5.54 Å². The van der Waals surface area contributed by atoms with Crippen molar-refractivity contribution in [2.24, 2.45) is 4.99 Å². The Morgan fingerprint density at radius 3 is 2.75 bits per heavy atom. The van der Waals surface area contributed by atoms with Crippen molar-refractivity contribution in [2.75, 3.05) is 24.3 Å². The highest BCUT2D eigenvalue weighted by Gasteiger charge is 2.37. The number of hydrogen-bond donors (Lipinski definition) is 1. The Morgan fingerprint density at radius 2 is 2.05 bits per heavy atom. The normalized spacial score (nSPS) is 21.1. The van der Waals surface area contributed by atoms with Gasteiger partial charge in [-0.2, -0.15) is 0 Å². The Bertz CT molecular complexity index is 530. The number of ether oxygens (including phenoxy) is 1. The topological polar surface area (TPSA) is 33.6 Å². The van der Waals surface area contributed by atoms with Crippen LogP contribution in [0.1, 0.15) is 24.0 Å². The molecule has 3 rings (SSSR count). The summed E-state index contributed by atoms with van der Waals surface area (Å²) in [6, 6.07) is 4.33. The molecule has 1 aromatic rings. The van der Waals surface area contributed by atoms with Gasteiger partial charge in [-0.3, -0.25) is 4.99 Å². The van der Waals surface area contributed by atoms with Crippen LogP contribution < -0.4 is 5.32 Å². The predicted octanol–water partition coefficient (Wildman–Crippen LogP) is 4.13. The zero-order valence-corrected chi connectivity index (χ0v) is 14.2. The summed E-state index contributed by atoms with van der Waals surface area (Å²) >= 11 is 5.47. The van der Waals surface area contributed by atoms with Crippen molar-refractivity contribution in [3.05, 3.63) is 27.7 Å². The summed E-state index contributed by atoms with van der Waals surface area (Å²) in [5.41, 5.74) is 3.75. The zero-order valence-electron chi connectivity index (χ0n) is 11.8. The van der Waals surface area contributed by atoms with Crippen LogP contribution in [0, 0.1) is 13.8 Å². The van der Waals surface area contributed by atoms with E-state index in [0.717, 1.165) is 47.1 Å². The Hall–Kier alpha value is -0.520. The largest absolute Gasteiger partial charge is 0.381 e. The molecule has 2 aliphatic rings. The van der Waals surface area contributed by atoms with Gasteiger partial charge in [0.15, 0.2) is 5.17 Å². The number of aryl methyl sites for hydroxylation is 2. The minimum absolute atomic E-state index is 0.107. The Labute approximate surface area is 132 Å². The molecule has 1 N–H and O–H groups in total. The molecule has 20 heavy (non-hydrogen) atoms. The second-order valence-corrected chi connectivity index (χ2v) is 7.42. The third-order valence-corrected chi connectivity index (χ3v) is 5.68. The first-order valence-electron chi connectivity index (χ1n) is 6.92. The average Bonchev–Trinajstić information content (AvgIpc) is 2.77. The lowest BCUT2D eigenvalue weighted by Gasteiger charge is -2.29. The smallest absolute Gasteiger partial charge is 0.161 e. The van der Waals surface area contributed by atoms with E-state index in [4.69, 9.17) is 9.73 Å². The van der Waals surface area contributed by atoms with Gasteiger partial charge in [0, 0.05) is 23.4 Å². The quantitative estimate of drug-likeness (QED) is 0.822. The number of amidine groups is 1. The van der Waals surface area contributed by atoms with Crippen LogP contribution in [0.3, 0.4) is 0 Å². The first-order valence-corrected chi connectivity index (χ1v) is 8.70. The van der Waals surface area contributed by atoms with E-state index >= 15 is 0 Å². The molecule has 0 bridgehead atoms. The van der Waals surface area contributed by atoms with Gasteiger partial charge in [0.25, 0.3) is 0 Å². The van der Waals surface area contributed by atoms with Gasteiger partial charge in [0.05, 0.1) is 11.2 Å². The standard InChI is InChI=1S/C15H19BrN2OS/c1-10-7-11(2)13(12(16)8-10)17-14-18-15(9-20-14)3-5-19-6-4-15/h7-8H,3-6,9H2,1-2H3,(H,17,18). The molecule has 0 amide bonds. The van der Waals surface area contributed by atoms with E-state index in [1.807, 2.05) is 11.8 Å². The van der Waals surface area contributed by atoms with Gasteiger partial charge >= 0.3 is 0 Å². The molecule has 2 aliphatic heterocycles. The molecule has 0 unspecified atom stereocenters. The molecule has 0 atom stereocenters. The van der Waals surface area contributed by atoms with Gasteiger partial charge in [-0.1, -0.05) is 17.8 Å². The fourth-order valence-electron chi connectivity index (χ4n) is 2.74. The molecule has 1 fully saturated rings. The van der Waals surface area contributed by atoms with Crippen molar-refractivity contribution >= 4 is 38.5 Å². The highest BCUT2D eigenvalue weighted by molar-refractivity contribution is 9.10. The lowest BCUT2D eigenvalue weighted by Crippen LogP contribution is -2.34. The summed E-state index contributed by atoms with van der Waals surface area (Å²) in [4.78, 5) is 4.95. The van der Waals surface area contributed by atoms with Crippen LogP contribution in [0.25, 0.3) is 0 Å². The Kier molecular flexibility index (Phi) is 4.11. The Morgan fingerprint density at radius 1 is 1.30 bits per heavy atom. The van der Waals surface area contributed by atoms with Crippen LogP contribution in [0.2, 0.25) is 0 Å². The molecule has 0 aliphatic carbocycles. The molecule has 5 heteroatoms. The van der Waals surface area contributed by atoms with E-state index in [1.54, 1.807) is 0 Å². The highest BCUT2D eigenvalue weighted by atomic mass is 79.9. The summed E-state index contributed by atoms with van der Waals surface area (Å²) in [6.07, 6.45) is 2.08. The van der Waals surface area contributed by atoms with E-state index in [2.05, 4.69) is 47.2 Å². The number of aliphatic imine (C=N–C) groups is 1. The molecule has 1 saturated heterocycles. The summed E-state index contributed by atoms with van der Waals surface area (Å²) in [5.74, 6) is 1.07. The first kappa shape index (κ1) is 14.4. The van der Waals surface area contributed by atoms with Gasteiger partial charge in [-0.25, -0.2) is 0 Å². The number of anilines is 1. The number of nitrogens with one attached hydrogen (secondary N) is 1. The number of nitrogens with zero attached hydrogens (tertiary/aromatic N) is 1.